The van der Waals surface area contributed by atoms with Crippen LogP contribution in [0.2, 0.25) is 0 Å². The number of anilines is 1. The van der Waals surface area contributed by atoms with Gasteiger partial charge in [0, 0.05) is 23.6 Å². The topological polar surface area (TPSA) is 96.8 Å². The summed E-state index contributed by atoms with van der Waals surface area (Å²) in [5.74, 6) is -2.06. The van der Waals surface area contributed by atoms with Crippen LogP contribution >= 0.6 is 0 Å². The van der Waals surface area contributed by atoms with E-state index in [0.29, 0.717) is 23.4 Å². The number of hydrogen-bond donors (Lipinski definition) is 1. The van der Waals surface area contributed by atoms with Crippen molar-refractivity contribution in [1.82, 2.24) is 4.98 Å². The average molecular weight is 513 g/mol. The number of ketones is 1. The number of esters is 1. The van der Waals surface area contributed by atoms with Gasteiger partial charge in [0.15, 0.2) is 0 Å². The average Bonchev–Trinajstić information content (AvgIpc) is 3.14. The number of rotatable bonds is 6. The van der Waals surface area contributed by atoms with Crippen LogP contribution in [0, 0.1) is 6.92 Å². The van der Waals surface area contributed by atoms with Gasteiger partial charge in [-0.25, -0.2) is 0 Å². The number of amides is 1. The van der Waals surface area contributed by atoms with Crippen LogP contribution in [0.25, 0.3) is 5.76 Å². The number of hydrogen-bond acceptors (Lipinski definition) is 6. The summed E-state index contributed by atoms with van der Waals surface area (Å²) < 4.78 is 5.02. The third-order valence-corrected chi connectivity index (χ3v) is 6.69. The lowest BCUT2D eigenvalue weighted by molar-refractivity contribution is -0.142. The molecule has 1 N–H and O–H groups in total. The Labute approximate surface area is 222 Å². The number of nitrogens with zero attached hydrogens (tertiary/aromatic N) is 2. The number of benzene rings is 2. The second-order valence-electron chi connectivity index (χ2n) is 10.4. The van der Waals surface area contributed by atoms with Crippen molar-refractivity contribution in [3.05, 3.63) is 100 Å². The van der Waals surface area contributed by atoms with Crippen molar-refractivity contribution in [3.63, 3.8) is 0 Å². The number of ether oxygens (including phenoxy) is 1. The van der Waals surface area contributed by atoms with Crippen molar-refractivity contribution in [2.45, 2.75) is 52.5 Å². The number of pyridine rings is 1. The number of Topliss-reactive ketones (excluding diaryl/α,β-unsaturated/α-hetero) is 1. The predicted octanol–water partition coefficient (Wildman–Crippen LogP) is 5.42. The first kappa shape index (κ1) is 26.8. The number of aliphatic hydroxyl groups excluding tert-OH is 1. The Hall–Kier alpha value is -4.26. The molecule has 2 aromatic carbocycles. The molecule has 1 amide bonds. The number of aromatic nitrogens is 1. The van der Waals surface area contributed by atoms with Gasteiger partial charge in [0.05, 0.1) is 24.6 Å². The zero-order chi connectivity index (χ0) is 27.6. The highest BCUT2D eigenvalue weighted by atomic mass is 16.5. The maximum absolute atomic E-state index is 13.5. The number of aryl methyl sites for hydroxylation is 1. The second-order valence-corrected chi connectivity index (χ2v) is 10.4. The van der Waals surface area contributed by atoms with E-state index < -0.39 is 17.7 Å². The number of carbonyl (C=O) groups excluding carboxylic acids is 3. The van der Waals surface area contributed by atoms with Gasteiger partial charge in [-0.15, -0.1) is 0 Å². The fraction of sp³-hybridized carbons (Fsp3) is 0.290. The highest BCUT2D eigenvalue weighted by Crippen LogP contribution is 2.42. The normalized spacial score (nSPS) is 17.1. The van der Waals surface area contributed by atoms with Crippen LogP contribution in [0.5, 0.6) is 0 Å². The lowest BCUT2D eigenvalue weighted by Crippen LogP contribution is -2.29. The molecule has 1 aliphatic rings. The van der Waals surface area contributed by atoms with E-state index in [9.17, 15) is 19.5 Å². The summed E-state index contributed by atoms with van der Waals surface area (Å²) in [5.41, 5.74) is 3.98. The lowest BCUT2D eigenvalue weighted by atomic mass is 9.84. The zero-order valence-corrected chi connectivity index (χ0v) is 22.3. The van der Waals surface area contributed by atoms with Crippen LogP contribution < -0.4 is 4.90 Å². The minimum absolute atomic E-state index is 0.0194. The molecule has 1 atom stereocenters. The highest BCUT2D eigenvalue weighted by Gasteiger charge is 2.47. The van der Waals surface area contributed by atoms with Crippen LogP contribution in [0.3, 0.4) is 0 Å². The molecule has 1 saturated heterocycles. The first-order valence-corrected chi connectivity index (χ1v) is 12.6. The first-order valence-electron chi connectivity index (χ1n) is 12.6. The fourth-order valence-corrected chi connectivity index (χ4v) is 4.60. The summed E-state index contributed by atoms with van der Waals surface area (Å²) in [6, 6.07) is 15.2. The Morgan fingerprint density at radius 1 is 1.03 bits per heavy atom. The maximum Gasteiger partial charge on any atom is 0.310 e. The molecule has 1 fully saturated rings. The van der Waals surface area contributed by atoms with Crippen molar-refractivity contribution in [2.75, 3.05) is 11.5 Å². The van der Waals surface area contributed by atoms with E-state index in [1.54, 1.807) is 55.7 Å². The SMILES string of the molecule is CCOC(=O)Cc1ccc(N2C(=O)C(=O)/C(=C(/O)c3cc(C(C)(C)C)ccc3C)C2c2ccncc2)cc1. The van der Waals surface area contributed by atoms with Gasteiger partial charge in [-0.3, -0.25) is 24.3 Å². The maximum atomic E-state index is 13.5. The van der Waals surface area contributed by atoms with Gasteiger partial charge in [-0.2, -0.15) is 0 Å². The molecular formula is C31H32N2O5. The molecule has 3 aromatic rings. The summed E-state index contributed by atoms with van der Waals surface area (Å²) in [6.07, 6.45) is 3.27. The zero-order valence-electron chi connectivity index (χ0n) is 22.3. The Balaban J connectivity index is 1.84. The molecule has 0 radical (unpaired) electrons. The van der Waals surface area contributed by atoms with Gasteiger partial charge in [-0.1, -0.05) is 45.0 Å². The minimum Gasteiger partial charge on any atom is -0.507 e. The monoisotopic (exact) mass is 512 g/mol. The van der Waals surface area contributed by atoms with Crippen molar-refractivity contribution < 1.29 is 24.2 Å². The van der Waals surface area contributed by atoms with E-state index in [2.05, 4.69) is 25.8 Å². The lowest BCUT2D eigenvalue weighted by Gasteiger charge is -2.26. The molecule has 0 spiro atoms. The highest BCUT2D eigenvalue weighted by molar-refractivity contribution is 6.51. The number of aliphatic hydroxyl groups is 1. The van der Waals surface area contributed by atoms with E-state index in [-0.39, 0.29) is 29.1 Å². The van der Waals surface area contributed by atoms with Crippen molar-refractivity contribution in [3.8, 4) is 0 Å². The van der Waals surface area contributed by atoms with Gasteiger partial charge in [-0.05, 0) is 71.8 Å². The van der Waals surface area contributed by atoms with E-state index in [0.717, 1.165) is 16.7 Å². The molecule has 196 valence electrons. The molecule has 0 saturated carbocycles. The van der Waals surface area contributed by atoms with Gasteiger partial charge >= 0.3 is 5.97 Å². The fourth-order valence-electron chi connectivity index (χ4n) is 4.60. The quantitative estimate of drug-likeness (QED) is 0.205. The molecule has 4 rings (SSSR count). The Kier molecular flexibility index (Phi) is 7.49. The van der Waals surface area contributed by atoms with Crippen LogP contribution in [0.4, 0.5) is 5.69 Å². The molecule has 0 aliphatic carbocycles. The molecule has 1 unspecified atom stereocenters. The van der Waals surface area contributed by atoms with Crippen molar-refractivity contribution in [1.29, 1.82) is 0 Å². The van der Waals surface area contributed by atoms with Gasteiger partial charge in [0.25, 0.3) is 11.7 Å². The largest absolute Gasteiger partial charge is 0.507 e. The molecule has 7 nitrogen and oxygen atoms in total. The van der Waals surface area contributed by atoms with Gasteiger partial charge < -0.3 is 9.84 Å². The van der Waals surface area contributed by atoms with Crippen LogP contribution in [0.1, 0.15) is 61.6 Å². The molecule has 2 heterocycles. The molecular weight excluding hydrogens is 480 g/mol. The summed E-state index contributed by atoms with van der Waals surface area (Å²) in [5, 5.41) is 11.6. The standard InChI is InChI=1S/C31H32N2O5/c1-6-38-25(34)17-20-8-11-23(12-9-20)33-27(21-13-15-32-16-14-21)26(29(36)30(33)37)28(35)24-18-22(31(3,4)5)10-7-19(24)2/h7-16,18,27,35H,6,17H2,1-5H3/b28-26+. The van der Waals surface area contributed by atoms with E-state index in [1.165, 1.54) is 4.90 Å². The summed E-state index contributed by atoms with van der Waals surface area (Å²) in [4.78, 5) is 44.3. The van der Waals surface area contributed by atoms with Crippen molar-refractivity contribution in [2.24, 2.45) is 0 Å². The number of carbonyl (C=O) groups is 3. The molecule has 38 heavy (non-hydrogen) atoms. The van der Waals surface area contributed by atoms with Gasteiger partial charge in [0.2, 0.25) is 0 Å². The van der Waals surface area contributed by atoms with E-state index >= 15 is 0 Å². The Morgan fingerprint density at radius 2 is 1.68 bits per heavy atom. The molecule has 1 aromatic heterocycles. The van der Waals surface area contributed by atoms with Crippen molar-refractivity contribution >= 4 is 29.1 Å². The Morgan fingerprint density at radius 3 is 2.29 bits per heavy atom. The van der Waals surface area contributed by atoms with E-state index in [1.807, 2.05) is 25.1 Å². The second kappa shape index (κ2) is 10.6. The smallest absolute Gasteiger partial charge is 0.310 e. The third kappa shape index (κ3) is 5.23. The summed E-state index contributed by atoms with van der Waals surface area (Å²) in [6.45, 7) is 10.1. The van der Waals surface area contributed by atoms with Crippen LogP contribution in [0.15, 0.2) is 72.6 Å². The minimum atomic E-state index is -0.855. The summed E-state index contributed by atoms with van der Waals surface area (Å²) >= 11 is 0. The summed E-state index contributed by atoms with van der Waals surface area (Å²) in [7, 11) is 0. The molecule has 7 heteroatoms. The van der Waals surface area contributed by atoms with Gasteiger partial charge in [0.1, 0.15) is 5.76 Å². The molecule has 0 bridgehead atoms. The third-order valence-electron chi connectivity index (χ3n) is 6.69. The first-order chi connectivity index (χ1) is 18.0. The Bertz CT molecular complexity index is 1400. The molecule has 1 aliphatic heterocycles. The predicted molar refractivity (Wildman–Crippen MR) is 146 cm³/mol. The van der Waals surface area contributed by atoms with Crippen LogP contribution in [-0.4, -0.2) is 34.4 Å². The van der Waals surface area contributed by atoms with E-state index in [4.69, 9.17) is 4.74 Å². The van der Waals surface area contributed by atoms with Crippen LogP contribution in [-0.2, 0) is 31.0 Å².